The van der Waals surface area contributed by atoms with Crippen LogP contribution in [-0.2, 0) is 14.4 Å². The Hall–Kier alpha value is -2.92. The Morgan fingerprint density at radius 3 is 2.11 bits per heavy atom. The number of nitriles is 1. The molecule has 1 aromatic carbocycles. The number of aliphatic hydroxyl groups excluding tert-OH is 1. The molecule has 8 heteroatoms. The summed E-state index contributed by atoms with van der Waals surface area (Å²) in [5.41, 5.74) is 0.0644. The van der Waals surface area contributed by atoms with E-state index in [4.69, 9.17) is 5.26 Å². The highest BCUT2D eigenvalue weighted by Gasteiger charge is 2.46. The van der Waals surface area contributed by atoms with Gasteiger partial charge in [0.15, 0.2) is 0 Å². The fourth-order valence-corrected chi connectivity index (χ4v) is 3.94. The van der Waals surface area contributed by atoms with Crippen LogP contribution < -0.4 is 10.6 Å². The number of β-amino-alcohol motifs (C(OH)–C–C–N with tert-alkyl or cyclic N) is 1. The van der Waals surface area contributed by atoms with E-state index in [1.165, 1.54) is 4.90 Å². The van der Waals surface area contributed by atoms with E-state index >= 15 is 0 Å². The molecule has 8 nitrogen and oxygen atoms in total. The first-order valence-electron chi connectivity index (χ1n) is 12.2. The van der Waals surface area contributed by atoms with Crippen LogP contribution in [0.5, 0.6) is 0 Å². The Morgan fingerprint density at radius 2 is 1.63 bits per heavy atom. The Balaban J connectivity index is 2.23. The molecule has 35 heavy (non-hydrogen) atoms. The van der Waals surface area contributed by atoms with Gasteiger partial charge in [-0.15, -0.1) is 0 Å². The van der Waals surface area contributed by atoms with Crippen molar-refractivity contribution < 1.29 is 19.5 Å². The van der Waals surface area contributed by atoms with Crippen LogP contribution in [-0.4, -0.2) is 52.5 Å². The molecule has 1 aromatic rings. The standard InChI is InChI=1S/C27H40N4O4/c1-16(2)27(7,8)25(35)30-22(26(4,5)6)24(34)31-15-20(32)13-21(31)23(33)29-17(3)19-11-9-18(14-28)10-12-19/h9-12,16-17,20-22,32H,13,15H2,1-8H3,(H,29,33)(H,30,35). The number of benzene rings is 1. The molecule has 1 aliphatic rings. The Kier molecular flexibility index (Phi) is 8.72. The minimum Gasteiger partial charge on any atom is -0.391 e. The van der Waals surface area contributed by atoms with Gasteiger partial charge in [-0.3, -0.25) is 14.4 Å². The molecule has 3 N–H and O–H groups in total. The zero-order valence-electron chi connectivity index (χ0n) is 22.2. The Morgan fingerprint density at radius 1 is 1.06 bits per heavy atom. The molecule has 1 saturated heterocycles. The smallest absolute Gasteiger partial charge is 0.246 e. The summed E-state index contributed by atoms with van der Waals surface area (Å²) in [4.78, 5) is 41.4. The molecule has 3 amide bonds. The number of amides is 3. The van der Waals surface area contributed by atoms with Gasteiger partial charge in [-0.2, -0.15) is 5.26 Å². The molecule has 2 rings (SSSR count). The second kappa shape index (κ2) is 10.8. The van der Waals surface area contributed by atoms with E-state index in [1.807, 2.05) is 55.4 Å². The highest BCUT2D eigenvalue weighted by molar-refractivity contribution is 5.94. The summed E-state index contributed by atoms with van der Waals surface area (Å²) in [6.45, 7) is 15.1. The van der Waals surface area contributed by atoms with Crippen LogP contribution in [0.4, 0.5) is 0 Å². The van der Waals surface area contributed by atoms with Gasteiger partial charge >= 0.3 is 0 Å². The van der Waals surface area contributed by atoms with Crippen LogP contribution in [0.25, 0.3) is 0 Å². The lowest BCUT2D eigenvalue weighted by Crippen LogP contribution is -2.59. The number of rotatable bonds is 7. The number of aliphatic hydroxyl groups is 1. The van der Waals surface area contributed by atoms with E-state index in [0.717, 1.165) is 5.56 Å². The third-order valence-corrected chi connectivity index (χ3v) is 7.18. The van der Waals surface area contributed by atoms with Gasteiger partial charge in [0, 0.05) is 18.4 Å². The average molecular weight is 485 g/mol. The van der Waals surface area contributed by atoms with Crippen LogP contribution in [0.3, 0.4) is 0 Å². The summed E-state index contributed by atoms with van der Waals surface area (Å²) in [5.74, 6) is -0.911. The maximum Gasteiger partial charge on any atom is 0.246 e. The number of likely N-dealkylation sites (tertiary alicyclic amines) is 1. The zero-order valence-corrected chi connectivity index (χ0v) is 22.2. The van der Waals surface area contributed by atoms with Gasteiger partial charge in [0.05, 0.1) is 23.8 Å². The van der Waals surface area contributed by atoms with Gasteiger partial charge in [-0.25, -0.2) is 0 Å². The molecule has 1 aliphatic heterocycles. The molecule has 1 fully saturated rings. The van der Waals surface area contributed by atoms with Crippen LogP contribution >= 0.6 is 0 Å². The predicted molar refractivity (Wildman–Crippen MR) is 134 cm³/mol. The SMILES string of the molecule is CC(NC(=O)C1CC(O)CN1C(=O)C(NC(=O)C(C)(C)C(C)C)C(C)(C)C)c1ccc(C#N)cc1. The van der Waals surface area contributed by atoms with Crippen molar-refractivity contribution in [2.45, 2.75) is 86.0 Å². The summed E-state index contributed by atoms with van der Waals surface area (Å²) in [7, 11) is 0. The summed E-state index contributed by atoms with van der Waals surface area (Å²) in [6, 6.07) is 6.92. The minimum absolute atomic E-state index is 0.0260. The molecular weight excluding hydrogens is 444 g/mol. The summed E-state index contributed by atoms with van der Waals surface area (Å²) < 4.78 is 0. The number of hydrogen-bond donors (Lipinski definition) is 3. The maximum atomic E-state index is 13.7. The molecular formula is C27H40N4O4. The number of carbonyl (C=O) groups excluding carboxylic acids is 3. The summed E-state index contributed by atoms with van der Waals surface area (Å²) in [5, 5.41) is 25.2. The third kappa shape index (κ3) is 6.61. The van der Waals surface area contributed by atoms with Gasteiger partial charge < -0.3 is 20.6 Å². The highest BCUT2D eigenvalue weighted by atomic mass is 16.3. The minimum atomic E-state index is -0.857. The van der Waals surface area contributed by atoms with Crippen LogP contribution in [0.15, 0.2) is 24.3 Å². The average Bonchev–Trinajstić information content (AvgIpc) is 3.17. The first-order chi connectivity index (χ1) is 16.1. The number of nitrogens with zero attached hydrogens (tertiary/aromatic N) is 2. The highest BCUT2D eigenvalue weighted by Crippen LogP contribution is 2.30. The molecule has 0 bridgehead atoms. The van der Waals surface area contributed by atoms with Crippen LogP contribution in [0, 0.1) is 28.1 Å². The Bertz CT molecular complexity index is 972. The normalized spacial score (nSPS) is 20.2. The first-order valence-corrected chi connectivity index (χ1v) is 12.2. The number of carbonyl (C=O) groups is 3. The predicted octanol–water partition coefficient (Wildman–Crippen LogP) is 2.91. The quantitative estimate of drug-likeness (QED) is 0.549. The molecule has 4 atom stereocenters. The summed E-state index contributed by atoms with van der Waals surface area (Å²) in [6.07, 6.45) is -0.705. The molecule has 1 heterocycles. The van der Waals surface area contributed by atoms with Gasteiger partial charge in [0.2, 0.25) is 17.7 Å². The monoisotopic (exact) mass is 484 g/mol. The van der Waals surface area contributed by atoms with Crippen LogP contribution in [0.1, 0.15) is 79.0 Å². The van der Waals surface area contributed by atoms with Crippen molar-refractivity contribution in [3.8, 4) is 6.07 Å². The number of hydrogen-bond acceptors (Lipinski definition) is 5. The van der Waals surface area contributed by atoms with Crippen molar-refractivity contribution in [1.82, 2.24) is 15.5 Å². The fraction of sp³-hybridized carbons (Fsp3) is 0.630. The van der Waals surface area contributed by atoms with Crippen LogP contribution in [0.2, 0.25) is 0 Å². The molecule has 0 radical (unpaired) electrons. The van der Waals surface area contributed by atoms with Crippen molar-refractivity contribution in [2.75, 3.05) is 6.54 Å². The van der Waals surface area contributed by atoms with Gasteiger partial charge in [-0.05, 0) is 36.0 Å². The molecule has 192 valence electrons. The second-order valence-electron chi connectivity index (χ2n) is 11.5. The number of nitrogens with one attached hydrogen (secondary N) is 2. The van der Waals surface area contributed by atoms with Gasteiger partial charge in [0.1, 0.15) is 12.1 Å². The summed E-state index contributed by atoms with van der Waals surface area (Å²) >= 11 is 0. The van der Waals surface area contributed by atoms with E-state index in [0.29, 0.717) is 5.56 Å². The first kappa shape index (κ1) is 28.3. The van der Waals surface area contributed by atoms with Crippen molar-refractivity contribution in [3.05, 3.63) is 35.4 Å². The maximum absolute atomic E-state index is 13.7. The van der Waals surface area contributed by atoms with E-state index in [-0.39, 0.29) is 42.6 Å². The van der Waals surface area contributed by atoms with Gasteiger partial charge in [-0.1, -0.05) is 60.6 Å². The van der Waals surface area contributed by atoms with Crippen molar-refractivity contribution in [2.24, 2.45) is 16.7 Å². The van der Waals surface area contributed by atoms with Crippen molar-refractivity contribution >= 4 is 17.7 Å². The zero-order chi connectivity index (χ0) is 26.7. The van der Waals surface area contributed by atoms with E-state index in [2.05, 4.69) is 16.7 Å². The van der Waals surface area contributed by atoms with Crippen molar-refractivity contribution in [3.63, 3.8) is 0 Å². The lowest BCUT2D eigenvalue weighted by Gasteiger charge is -2.38. The molecule has 0 saturated carbocycles. The van der Waals surface area contributed by atoms with E-state index < -0.39 is 29.0 Å². The molecule has 0 spiro atoms. The van der Waals surface area contributed by atoms with Crippen molar-refractivity contribution in [1.29, 1.82) is 5.26 Å². The van der Waals surface area contributed by atoms with E-state index in [1.54, 1.807) is 24.3 Å². The van der Waals surface area contributed by atoms with E-state index in [9.17, 15) is 19.5 Å². The fourth-order valence-electron chi connectivity index (χ4n) is 3.94. The van der Waals surface area contributed by atoms with Gasteiger partial charge in [0.25, 0.3) is 0 Å². The molecule has 4 unspecified atom stereocenters. The largest absolute Gasteiger partial charge is 0.391 e. The Labute approximate surface area is 209 Å². The lowest BCUT2D eigenvalue weighted by molar-refractivity contribution is -0.146. The lowest BCUT2D eigenvalue weighted by atomic mass is 9.78. The topological polar surface area (TPSA) is 123 Å². The second-order valence-corrected chi connectivity index (χ2v) is 11.5. The molecule has 0 aromatic heterocycles. The molecule has 0 aliphatic carbocycles. The third-order valence-electron chi connectivity index (χ3n) is 7.18.